The summed E-state index contributed by atoms with van der Waals surface area (Å²) < 4.78 is 2.09. The summed E-state index contributed by atoms with van der Waals surface area (Å²) in [6.07, 6.45) is 1.78. The highest BCUT2D eigenvalue weighted by Gasteiger charge is 2.35. The van der Waals surface area contributed by atoms with Gasteiger partial charge in [-0.05, 0) is 79.2 Å². The van der Waals surface area contributed by atoms with E-state index in [9.17, 15) is 9.59 Å². The van der Waals surface area contributed by atoms with Crippen LogP contribution in [-0.4, -0.2) is 20.6 Å². The third kappa shape index (κ3) is 3.93. The normalized spacial score (nSPS) is 15.5. The van der Waals surface area contributed by atoms with Crippen molar-refractivity contribution in [3.05, 3.63) is 92.1 Å². The van der Waals surface area contributed by atoms with Crippen LogP contribution in [0.4, 0.5) is 4.79 Å². The van der Waals surface area contributed by atoms with E-state index in [2.05, 4.69) is 4.57 Å². The van der Waals surface area contributed by atoms with E-state index in [0.717, 1.165) is 40.0 Å². The van der Waals surface area contributed by atoms with E-state index in [1.54, 1.807) is 12.1 Å². The van der Waals surface area contributed by atoms with Crippen molar-refractivity contribution in [3.63, 3.8) is 0 Å². The van der Waals surface area contributed by atoms with Gasteiger partial charge in [0.15, 0.2) is 0 Å². The summed E-state index contributed by atoms with van der Waals surface area (Å²) >= 11 is 13.1. The molecule has 1 aromatic heterocycles. The summed E-state index contributed by atoms with van der Waals surface area (Å²) in [7, 11) is 0. The van der Waals surface area contributed by atoms with Crippen LogP contribution < -0.4 is 0 Å². The average Bonchev–Trinajstić information content (AvgIpc) is 3.14. The molecule has 0 atom stereocenters. The van der Waals surface area contributed by atoms with E-state index in [4.69, 9.17) is 23.2 Å². The van der Waals surface area contributed by atoms with Gasteiger partial charge in [0, 0.05) is 27.1 Å². The van der Waals surface area contributed by atoms with Gasteiger partial charge in [-0.3, -0.25) is 14.5 Å². The summed E-state index contributed by atoms with van der Waals surface area (Å²) in [5.41, 5.74) is 4.62. The van der Waals surface area contributed by atoms with Crippen LogP contribution in [0.2, 0.25) is 10.0 Å². The largest absolute Gasteiger partial charge is 0.318 e. The SMILES string of the molecule is Cc1cc(/C=C2/SC(=O)N(Cc3ccccc3Cl)C2=O)c(C)n1-c1ccc(Cl)cc1. The molecule has 0 unspecified atom stereocenters. The number of rotatable bonds is 4. The van der Waals surface area contributed by atoms with Crippen LogP contribution in [0.1, 0.15) is 22.5 Å². The molecule has 1 aliphatic rings. The van der Waals surface area contributed by atoms with Crippen molar-refractivity contribution in [1.29, 1.82) is 0 Å². The quantitative estimate of drug-likeness (QED) is 0.413. The highest BCUT2D eigenvalue weighted by Crippen LogP contribution is 2.35. The van der Waals surface area contributed by atoms with Crippen LogP contribution in [0.5, 0.6) is 0 Å². The fourth-order valence-electron chi connectivity index (χ4n) is 3.50. The van der Waals surface area contributed by atoms with Gasteiger partial charge in [0.2, 0.25) is 0 Å². The van der Waals surface area contributed by atoms with E-state index >= 15 is 0 Å². The number of hydrogen-bond acceptors (Lipinski definition) is 3. The molecule has 1 saturated heterocycles. The van der Waals surface area contributed by atoms with Crippen LogP contribution in [-0.2, 0) is 11.3 Å². The monoisotopic (exact) mass is 456 g/mol. The number of aromatic nitrogens is 1. The Morgan fingerprint density at radius 2 is 1.70 bits per heavy atom. The Hall–Kier alpha value is -2.47. The molecule has 1 fully saturated rings. The Bertz CT molecular complexity index is 1180. The number of aryl methyl sites for hydroxylation is 1. The summed E-state index contributed by atoms with van der Waals surface area (Å²) in [5.74, 6) is -0.304. The van der Waals surface area contributed by atoms with E-state index in [1.165, 1.54) is 4.90 Å². The van der Waals surface area contributed by atoms with Gasteiger partial charge in [-0.1, -0.05) is 41.4 Å². The van der Waals surface area contributed by atoms with Gasteiger partial charge in [0.1, 0.15) is 0 Å². The second kappa shape index (κ2) is 8.34. The molecule has 1 aliphatic heterocycles. The lowest BCUT2D eigenvalue weighted by Crippen LogP contribution is -2.27. The fourth-order valence-corrected chi connectivity index (χ4v) is 4.65. The molecule has 152 valence electrons. The lowest BCUT2D eigenvalue weighted by molar-refractivity contribution is -0.123. The summed E-state index contributed by atoms with van der Waals surface area (Å²) in [4.78, 5) is 27.0. The van der Waals surface area contributed by atoms with Gasteiger partial charge in [0.25, 0.3) is 11.1 Å². The second-order valence-electron chi connectivity index (χ2n) is 7.00. The zero-order valence-corrected chi connectivity index (χ0v) is 18.7. The average molecular weight is 457 g/mol. The molecule has 30 heavy (non-hydrogen) atoms. The molecular formula is C23H18Cl2N2O2S. The molecule has 0 bridgehead atoms. The molecule has 4 nitrogen and oxygen atoms in total. The molecule has 4 rings (SSSR count). The van der Waals surface area contributed by atoms with E-state index in [1.807, 2.05) is 62.4 Å². The first-order valence-electron chi connectivity index (χ1n) is 9.29. The zero-order chi connectivity index (χ0) is 21.4. The molecule has 3 aromatic rings. The Kier molecular flexibility index (Phi) is 5.78. The van der Waals surface area contributed by atoms with Crippen molar-refractivity contribution in [2.45, 2.75) is 20.4 Å². The van der Waals surface area contributed by atoms with Crippen molar-refractivity contribution < 1.29 is 9.59 Å². The molecule has 0 N–H and O–H groups in total. The summed E-state index contributed by atoms with van der Waals surface area (Å²) in [6.45, 7) is 4.15. The van der Waals surface area contributed by atoms with Crippen LogP contribution in [0.25, 0.3) is 11.8 Å². The molecule has 0 saturated carbocycles. The standard InChI is InChI=1S/C23H18Cl2N2O2S/c1-14-11-17(15(2)27(14)19-9-7-18(24)8-10-19)12-21-22(28)26(23(29)30-21)13-16-5-3-4-6-20(16)25/h3-12H,13H2,1-2H3/b21-12+. The maximum absolute atomic E-state index is 12.9. The van der Waals surface area contributed by atoms with Gasteiger partial charge in [-0.15, -0.1) is 0 Å². The first-order valence-corrected chi connectivity index (χ1v) is 10.9. The zero-order valence-electron chi connectivity index (χ0n) is 16.4. The minimum absolute atomic E-state index is 0.158. The molecular weight excluding hydrogens is 439 g/mol. The molecule has 2 aromatic carbocycles. The van der Waals surface area contributed by atoms with Crippen molar-refractivity contribution in [2.24, 2.45) is 0 Å². The predicted octanol–water partition coefficient (Wildman–Crippen LogP) is 6.64. The fraction of sp³-hybridized carbons (Fsp3) is 0.130. The first-order chi connectivity index (χ1) is 14.3. The maximum Gasteiger partial charge on any atom is 0.293 e. The highest BCUT2D eigenvalue weighted by atomic mass is 35.5. The molecule has 0 aliphatic carbocycles. The number of thioether (sulfide) groups is 1. The van der Waals surface area contributed by atoms with E-state index < -0.39 is 0 Å². The maximum atomic E-state index is 12.9. The van der Waals surface area contributed by atoms with Gasteiger partial charge in [0.05, 0.1) is 11.4 Å². The van der Waals surface area contributed by atoms with E-state index in [0.29, 0.717) is 15.0 Å². The van der Waals surface area contributed by atoms with Gasteiger partial charge in [-0.2, -0.15) is 0 Å². The Morgan fingerprint density at radius 1 is 1.00 bits per heavy atom. The molecule has 2 heterocycles. The molecule has 0 spiro atoms. The van der Waals surface area contributed by atoms with Crippen molar-refractivity contribution >= 4 is 52.2 Å². The predicted molar refractivity (Wildman–Crippen MR) is 123 cm³/mol. The first kappa shape index (κ1) is 20.8. The van der Waals surface area contributed by atoms with Gasteiger partial charge >= 0.3 is 0 Å². The Labute approximate surface area is 189 Å². The van der Waals surface area contributed by atoms with Crippen molar-refractivity contribution in [1.82, 2.24) is 9.47 Å². The second-order valence-corrected chi connectivity index (χ2v) is 8.83. The Morgan fingerprint density at radius 3 is 2.40 bits per heavy atom. The minimum atomic E-state index is -0.304. The minimum Gasteiger partial charge on any atom is -0.318 e. The lowest BCUT2D eigenvalue weighted by Gasteiger charge is -2.13. The van der Waals surface area contributed by atoms with Crippen LogP contribution in [0.15, 0.2) is 59.5 Å². The molecule has 2 amide bonds. The van der Waals surface area contributed by atoms with Crippen molar-refractivity contribution in [2.75, 3.05) is 0 Å². The number of imide groups is 1. The van der Waals surface area contributed by atoms with Gasteiger partial charge in [-0.25, -0.2) is 0 Å². The van der Waals surface area contributed by atoms with Crippen LogP contribution >= 0.6 is 35.0 Å². The van der Waals surface area contributed by atoms with Crippen LogP contribution in [0.3, 0.4) is 0 Å². The summed E-state index contributed by atoms with van der Waals surface area (Å²) in [5, 5.41) is 0.915. The third-order valence-corrected chi connectivity index (χ3v) is 6.53. The van der Waals surface area contributed by atoms with Crippen molar-refractivity contribution in [3.8, 4) is 5.69 Å². The highest BCUT2D eigenvalue weighted by molar-refractivity contribution is 8.18. The third-order valence-electron chi connectivity index (χ3n) is 5.00. The number of benzene rings is 2. The number of hydrogen-bond donors (Lipinski definition) is 0. The molecule has 7 heteroatoms. The van der Waals surface area contributed by atoms with Gasteiger partial charge < -0.3 is 4.57 Å². The smallest absolute Gasteiger partial charge is 0.293 e. The lowest BCUT2D eigenvalue weighted by atomic mass is 10.2. The molecule has 0 radical (unpaired) electrons. The number of amides is 2. The number of halogens is 2. The van der Waals surface area contributed by atoms with Crippen LogP contribution in [0, 0.1) is 13.8 Å². The Balaban J connectivity index is 1.63. The number of carbonyl (C=O) groups excluding carboxylic acids is 2. The topological polar surface area (TPSA) is 42.3 Å². The number of carbonyl (C=O) groups is 2. The van der Waals surface area contributed by atoms with E-state index in [-0.39, 0.29) is 17.7 Å². The summed E-state index contributed by atoms with van der Waals surface area (Å²) in [6, 6.07) is 16.8. The number of nitrogens with zero attached hydrogens (tertiary/aromatic N) is 2.